The Bertz CT molecular complexity index is 514. The van der Waals surface area contributed by atoms with Crippen molar-refractivity contribution < 1.29 is 9.59 Å². The van der Waals surface area contributed by atoms with Gasteiger partial charge in [-0.1, -0.05) is 19.9 Å². The normalized spacial score (nSPS) is 16.6. The molecule has 0 aromatic heterocycles. The highest BCUT2D eigenvalue weighted by Crippen LogP contribution is 2.24. The van der Waals surface area contributed by atoms with E-state index in [4.69, 9.17) is 5.73 Å². The van der Waals surface area contributed by atoms with E-state index in [1.165, 1.54) is 0 Å². The lowest BCUT2D eigenvalue weighted by atomic mass is 10.0. The molecular weight excluding hydrogens is 254 g/mol. The van der Waals surface area contributed by atoms with Crippen molar-refractivity contribution in [3.8, 4) is 0 Å². The topological polar surface area (TPSA) is 75.4 Å². The number of benzene rings is 1. The van der Waals surface area contributed by atoms with Crippen LogP contribution in [0.1, 0.15) is 26.7 Å². The number of nitrogens with one attached hydrogen (secondary N) is 1. The third-order valence-corrected chi connectivity index (χ3v) is 3.52. The van der Waals surface area contributed by atoms with E-state index in [0.29, 0.717) is 12.1 Å². The van der Waals surface area contributed by atoms with Gasteiger partial charge in [0.05, 0.1) is 6.04 Å². The van der Waals surface area contributed by atoms with E-state index < -0.39 is 6.04 Å². The molecule has 1 aromatic carbocycles. The van der Waals surface area contributed by atoms with Crippen molar-refractivity contribution in [2.45, 2.75) is 32.7 Å². The van der Waals surface area contributed by atoms with Gasteiger partial charge in [0.2, 0.25) is 11.8 Å². The summed E-state index contributed by atoms with van der Waals surface area (Å²) in [6.07, 6.45) is 1.47. The van der Waals surface area contributed by atoms with Crippen LogP contribution in [-0.2, 0) is 9.59 Å². The van der Waals surface area contributed by atoms with Crippen molar-refractivity contribution in [3.63, 3.8) is 0 Å². The molecule has 5 nitrogen and oxygen atoms in total. The number of carbonyl (C=O) groups excluding carboxylic acids is 2. The molecule has 0 saturated carbocycles. The van der Waals surface area contributed by atoms with Crippen LogP contribution in [0.25, 0.3) is 0 Å². The van der Waals surface area contributed by atoms with Crippen LogP contribution >= 0.6 is 0 Å². The van der Waals surface area contributed by atoms with Crippen LogP contribution in [0.5, 0.6) is 0 Å². The van der Waals surface area contributed by atoms with E-state index in [0.717, 1.165) is 18.7 Å². The van der Waals surface area contributed by atoms with E-state index in [2.05, 4.69) is 5.32 Å². The van der Waals surface area contributed by atoms with Crippen LogP contribution in [-0.4, -0.2) is 24.4 Å². The lowest BCUT2D eigenvalue weighted by Crippen LogP contribution is -2.39. The van der Waals surface area contributed by atoms with Crippen molar-refractivity contribution in [3.05, 3.63) is 24.3 Å². The Balaban J connectivity index is 2.10. The van der Waals surface area contributed by atoms with Crippen LogP contribution in [0, 0.1) is 5.92 Å². The average Bonchev–Trinajstić information content (AvgIpc) is 2.84. The predicted octanol–water partition coefficient (Wildman–Crippen LogP) is 1.74. The molecule has 1 heterocycles. The van der Waals surface area contributed by atoms with Gasteiger partial charge < -0.3 is 16.0 Å². The summed E-state index contributed by atoms with van der Waals surface area (Å²) in [6, 6.07) is 6.79. The minimum Gasteiger partial charge on any atom is -0.325 e. The Morgan fingerprint density at radius 3 is 2.75 bits per heavy atom. The summed E-state index contributed by atoms with van der Waals surface area (Å²) in [5.74, 6) is 0.00981. The van der Waals surface area contributed by atoms with E-state index in [9.17, 15) is 9.59 Å². The molecule has 2 rings (SSSR count). The molecule has 1 saturated heterocycles. The first-order valence-electron chi connectivity index (χ1n) is 6.96. The number of hydrogen-bond acceptors (Lipinski definition) is 3. The van der Waals surface area contributed by atoms with Gasteiger partial charge >= 0.3 is 0 Å². The fraction of sp³-hybridized carbons (Fsp3) is 0.467. The second kappa shape index (κ2) is 6.05. The van der Waals surface area contributed by atoms with Crippen LogP contribution in [0.2, 0.25) is 0 Å². The lowest BCUT2D eigenvalue weighted by Gasteiger charge is -2.18. The van der Waals surface area contributed by atoms with Gasteiger partial charge in [-0.3, -0.25) is 9.59 Å². The van der Waals surface area contributed by atoms with E-state index in [-0.39, 0.29) is 17.7 Å². The van der Waals surface area contributed by atoms with Crippen LogP contribution in [0.15, 0.2) is 24.3 Å². The summed E-state index contributed by atoms with van der Waals surface area (Å²) in [4.78, 5) is 25.4. The summed E-state index contributed by atoms with van der Waals surface area (Å²) in [5, 5.41) is 2.80. The third kappa shape index (κ3) is 3.17. The molecule has 1 aliphatic rings. The van der Waals surface area contributed by atoms with Crippen molar-refractivity contribution in [2.75, 3.05) is 16.8 Å². The van der Waals surface area contributed by atoms with E-state index in [1.54, 1.807) is 11.0 Å². The second-order valence-corrected chi connectivity index (χ2v) is 5.46. The molecule has 3 N–H and O–H groups in total. The zero-order valence-electron chi connectivity index (χ0n) is 11.9. The minimum absolute atomic E-state index is 0.0818. The Morgan fingerprint density at radius 2 is 2.15 bits per heavy atom. The predicted molar refractivity (Wildman–Crippen MR) is 79.5 cm³/mol. The standard InChI is InChI=1S/C15H21N3O2/c1-10(2)14(16)15(20)17-11-5-3-6-12(9-11)18-8-4-7-13(18)19/h3,5-6,9-10,14H,4,7-8,16H2,1-2H3,(H,17,20)/t14-/m1/s1. The summed E-state index contributed by atoms with van der Waals surface area (Å²) >= 11 is 0. The van der Waals surface area contributed by atoms with Crippen molar-refractivity contribution >= 4 is 23.2 Å². The number of rotatable bonds is 4. The fourth-order valence-electron chi connectivity index (χ4n) is 2.20. The summed E-state index contributed by atoms with van der Waals surface area (Å²) < 4.78 is 0. The molecule has 0 spiro atoms. The zero-order chi connectivity index (χ0) is 14.7. The monoisotopic (exact) mass is 275 g/mol. The Morgan fingerprint density at radius 1 is 1.40 bits per heavy atom. The molecule has 108 valence electrons. The highest BCUT2D eigenvalue weighted by atomic mass is 16.2. The Kier molecular flexibility index (Phi) is 4.39. The molecule has 1 atom stereocenters. The van der Waals surface area contributed by atoms with Crippen molar-refractivity contribution in [1.82, 2.24) is 0 Å². The quantitative estimate of drug-likeness (QED) is 0.878. The van der Waals surface area contributed by atoms with Crippen molar-refractivity contribution in [2.24, 2.45) is 11.7 Å². The van der Waals surface area contributed by atoms with Gasteiger partial charge in [-0.2, -0.15) is 0 Å². The maximum absolute atomic E-state index is 11.9. The van der Waals surface area contributed by atoms with Crippen LogP contribution < -0.4 is 16.0 Å². The smallest absolute Gasteiger partial charge is 0.241 e. The van der Waals surface area contributed by atoms with Crippen LogP contribution in [0.4, 0.5) is 11.4 Å². The maximum atomic E-state index is 11.9. The van der Waals surface area contributed by atoms with E-state index >= 15 is 0 Å². The number of carbonyl (C=O) groups is 2. The molecular formula is C15H21N3O2. The molecule has 5 heteroatoms. The maximum Gasteiger partial charge on any atom is 0.241 e. The minimum atomic E-state index is -0.535. The number of nitrogens with zero attached hydrogens (tertiary/aromatic N) is 1. The lowest BCUT2D eigenvalue weighted by molar-refractivity contribution is -0.118. The first-order chi connectivity index (χ1) is 9.49. The molecule has 0 bridgehead atoms. The first kappa shape index (κ1) is 14.5. The number of anilines is 2. The largest absolute Gasteiger partial charge is 0.325 e. The Hall–Kier alpha value is -1.88. The second-order valence-electron chi connectivity index (χ2n) is 5.46. The number of nitrogens with two attached hydrogens (primary N) is 1. The molecule has 1 fully saturated rings. The highest BCUT2D eigenvalue weighted by molar-refractivity contribution is 5.98. The van der Waals surface area contributed by atoms with Gasteiger partial charge in [0.15, 0.2) is 0 Å². The fourth-order valence-corrected chi connectivity index (χ4v) is 2.20. The molecule has 0 unspecified atom stereocenters. The molecule has 20 heavy (non-hydrogen) atoms. The number of amides is 2. The summed E-state index contributed by atoms with van der Waals surface area (Å²) in [6.45, 7) is 4.55. The van der Waals surface area contributed by atoms with Gasteiger partial charge in [-0.15, -0.1) is 0 Å². The summed E-state index contributed by atoms with van der Waals surface area (Å²) in [5.41, 5.74) is 7.31. The van der Waals surface area contributed by atoms with Gasteiger partial charge in [0.25, 0.3) is 0 Å². The SMILES string of the molecule is CC(C)[C@@H](N)C(=O)Nc1cccc(N2CCCC2=O)c1. The van der Waals surface area contributed by atoms with Gasteiger partial charge in [0.1, 0.15) is 0 Å². The van der Waals surface area contributed by atoms with Gasteiger partial charge in [-0.25, -0.2) is 0 Å². The molecule has 2 amide bonds. The van der Waals surface area contributed by atoms with E-state index in [1.807, 2.05) is 32.0 Å². The Labute approximate surface area is 119 Å². The average molecular weight is 275 g/mol. The summed E-state index contributed by atoms with van der Waals surface area (Å²) in [7, 11) is 0. The van der Waals surface area contributed by atoms with Crippen LogP contribution in [0.3, 0.4) is 0 Å². The molecule has 1 aromatic rings. The van der Waals surface area contributed by atoms with Gasteiger partial charge in [-0.05, 0) is 30.5 Å². The number of hydrogen-bond donors (Lipinski definition) is 2. The van der Waals surface area contributed by atoms with Gasteiger partial charge in [0, 0.05) is 24.3 Å². The zero-order valence-corrected chi connectivity index (χ0v) is 11.9. The first-order valence-corrected chi connectivity index (χ1v) is 6.96. The highest BCUT2D eigenvalue weighted by Gasteiger charge is 2.22. The third-order valence-electron chi connectivity index (χ3n) is 3.52. The molecule has 0 radical (unpaired) electrons. The molecule has 1 aliphatic heterocycles. The molecule has 0 aliphatic carbocycles. The van der Waals surface area contributed by atoms with Crippen molar-refractivity contribution in [1.29, 1.82) is 0 Å².